The van der Waals surface area contributed by atoms with E-state index in [4.69, 9.17) is 19.9 Å². The Hall–Kier alpha value is -6.52. The molecular weight excluding hydrogens is 657 g/mol. The fraction of sp³-hybridized carbons (Fsp3) is 0.120. The minimum absolute atomic E-state index is 0.0266. The van der Waals surface area contributed by atoms with Crippen LogP contribution in [-0.2, 0) is 10.8 Å². The molecule has 0 fully saturated rings. The van der Waals surface area contributed by atoms with Gasteiger partial charge in [0.05, 0.1) is 5.69 Å². The van der Waals surface area contributed by atoms with E-state index in [9.17, 15) is 0 Å². The van der Waals surface area contributed by atoms with Crippen molar-refractivity contribution in [3.8, 4) is 78.8 Å². The third kappa shape index (κ3) is 5.71. The van der Waals surface area contributed by atoms with Crippen molar-refractivity contribution in [2.75, 3.05) is 0 Å². The topological polar surface area (TPSA) is 51.6 Å². The van der Waals surface area contributed by atoms with Gasteiger partial charge < -0.3 is 0 Å². The lowest BCUT2D eigenvalue weighted by atomic mass is 9.55. The Morgan fingerprint density at radius 1 is 0.333 bits per heavy atom. The summed E-state index contributed by atoms with van der Waals surface area (Å²) in [5, 5.41) is 0. The minimum Gasteiger partial charge on any atom is -0.255 e. The SMILES string of the molecule is CC1(C)c2ccccc2-c2cc(-c3ccccc3-c3nc(-c4ccc(-c5ccccc5)cc4)nc(-c4ccc(-c5ccccc5)nc4)n3)ccc2C1(C)C. The molecule has 1 aliphatic carbocycles. The van der Waals surface area contributed by atoms with E-state index in [0.29, 0.717) is 17.5 Å². The predicted molar refractivity (Wildman–Crippen MR) is 222 cm³/mol. The summed E-state index contributed by atoms with van der Waals surface area (Å²) in [6.45, 7) is 9.48. The van der Waals surface area contributed by atoms with Gasteiger partial charge in [-0.25, -0.2) is 15.0 Å². The number of nitrogens with zero attached hydrogens (tertiary/aromatic N) is 4. The number of fused-ring (bicyclic) bond motifs is 3. The summed E-state index contributed by atoms with van der Waals surface area (Å²) in [5.74, 6) is 1.80. The summed E-state index contributed by atoms with van der Waals surface area (Å²) in [7, 11) is 0. The van der Waals surface area contributed by atoms with Crippen LogP contribution in [0.15, 0.2) is 170 Å². The Labute approximate surface area is 317 Å². The van der Waals surface area contributed by atoms with Gasteiger partial charge in [0.25, 0.3) is 0 Å². The molecule has 0 spiro atoms. The van der Waals surface area contributed by atoms with Crippen molar-refractivity contribution in [2.45, 2.75) is 38.5 Å². The monoisotopic (exact) mass is 696 g/mol. The van der Waals surface area contributed by atoms with Crippen LogP contribution in [0.3, 0.4) is 0 Å². The highest BCUT2D eigenvalue weighted by molar-refractivity contribution is 5.87. The molecule has 4 heteroatoms. The van der Waals surface area contributed by atoms with Crippen LogP contribution in [0.1, 0.15) is 38.8 Å². The molecule has 1 aliphatic rings. The first kappa shape index (κ1) is 33.3. The maximum absolute atomic E-state index is 5.18. The molecule has 0 N–H and O–H groups in total. The van der Waals surface area contributed by atoms with Crippen molar-refractivity contribution < 1.29 is 0 Å². The van der Waals surface area contributed by atoms with Crippen LogP contribution in [0, 0.1) is 0 Å². The molecule has 0 saturated heterocycles. The summed E-state index contributed by atoms with van der Waals surface area (Å²) in [4.78, 5) is 20.2. The fourth-order valence-corrected chi connectivity index (χ4v) is 7.85. The Morgan fingerprint density at radius 2 is 0.815 bits per heavy atom. The fourth-order valence-electron chi connectivity index (χ4n) is 7.85. The maximum Gasteiger partial charge on any atom is 0.165 e. The third-order valence-corrected chi connectivity index (χ3v) is 11.6. The van der Waals surface area contributed by atoms with E-state index in [1.165, 1.54) is 27.8 Å². The quantitative estimate of drug-likeness (QED) is 0.174. The van der Waals surface area contributed by atoms with Crippen LogP contribution in [0.2, 0.25) is 0 Å². The van der Waals surface area contributed by atoms with E-state index < -0.39 is 0 Å². The van der Waals surface area contributed by atoms with E-state index in [1.54, 1.807) is 0 Å². The van der Waals surface area contributed by atoms with E-state index in [0.717, 1.165) is 44.6 Å². The van der Waals surface area contributed by atoms with E-state index in [1.807, 2.05) is 42.6 Å². The van der Waals surface area contributed by atoms with Crippen LogP contribution in [0.4, 0.5) is 0 Å². The van der Waals surface area contributed by atoms with Crippen molar-refractivity contribution in [2.24, 2.45) is 0 Å². The second kappa shape index (κ2) is 13.2. The average molecular weight is 697 g/mol. The van der Waals surface area contributed by atoms with Gasteiger partial charge in [0, 0.05) is 28.5 Å². The Balaban J connectivity index is 1.18. The van der Waals surface area contributed by atoms with Crippen molar-refractivity contribution >= 4 is 0 Å². The molecule has 0 unspecified atom stereocenters. The highest BCUT2D eigenvalue weighted by Crippen LogP contribution is 2.54. The lowest BCUT2D eigenvalue weighted by Gasteiger charge is -2.48. The van der Waals surface area contributed by atoms with Gasteiger partial charge in [0.15, 0.2) is 17.5 Å². The van der Waals surface area contributed by atoms with Gasteiger partial charge >= 0.3 is 0 Å². The standard InChI is InChI=1S/C50H40N4/c1-49(2)43-22-14-13-20-40(43)42-31-37(27-29-44(42)50(49,3)4)39-19-11-12-21-41(39)48-53-46(36-25-23-34(24-26-36)33-15-7-5-8-16-33)52-47(54-48)38-28-30-45(51-32-38)35-17-9-6-10-18-35/h5-32H,1-4H3. The molecule has 54 heavy (non-hydrogen) atoms. The normalized spacial score (nSPS) is 13.9. The zero-order valence-electron chi connectivity index (χ0n) is 31.0. The number of aromatic nitrogens is 4. The lowest BCUT2D eigenvalue weighted by Crippen LogP contribution is -2.43. The molecule has 9 rings (SSSR count). The summed E-state index contributed by atoms with van der Waals surface area (Å²) in [6.07, 6.45) is 1.86. The summed E-state index contributed by atoms with van der Waals surface area (Å²) < 4.78 is 0. The van der Waals surface area contributed by atoms with Crippen LogP contribution in [0.25, 0.3) is 78.8 Å². The van der Waals surface area contributed by atoms with Gasteiger partial charge in [-0.05, 0) is 73.5 Å². The number of benzene rings is 6. The van der Waals surface area contributed by atoms with Gasteiger partial charge in [-0.3, -0.25) is 4.98 Å². The minimum atomic E-state index is -0.0626. The first-order valence-corrected chi connectivity index (χ1v) is 18.6. The molecule has 4 nitrogen and oxygen atoms in total. The molecule has 2 heterocycles. The molecule has 260 valence electrons. The summed E-state index contributed by atoms with van der Waals surface area (Å²) >= 11 is 0. The summed E-state index contributed by atoms with van der Waals surface area (Å²) in [6, 6.07) is 57.4. The highest BCUT2D eigenvalue weighted by atomic mass is 15.0. The average Bonchev–Trinajstić information content (AvgIpc) is 3.23. The maximum atomic E-state index is 5.18. The first-order valence-electron chi connectivity index (χ1n) is 18.6. The molecule has 0 bridgehead atoms. The lowest BCUT2D eigenvalue weighted by molar-refractivity contribution is 0.299. The zero-order valence-corrected chi connectivity index (χ0v) is 31.0. The Kier molecular flexibility index (Phi) is 8.12. The van der Waals surface area contributed by atoms with E-state index in [2.05, 4.69) is 155 Å². The van der Waals surface area contributed by atoms with Gasteiger partial charge in [0.1, 0.15) is 0 Å². The van der Waals surface area contributed by atoms with Gasteiger partial charge in [-0.1, -0.05) is 173 Å². The van der Waals surface area contributed by atoms with Gasteiger partial charge in [-0.2, -0.15) is 0 Å². The largest absolute Gasteiger partial charge is 0.255 e. The molecule has 8 aromatic rings. The number of pyridine rings is 1. The summed E-state index contributed by atoms with van der Waals surface area (Å²) in [5.41, 5.74) is 14.4. The molecule has 0 radical (unpaired) electrons. The zero-order chi connectivity index (χ0) is 36.9. The highest BCUT2D eigenvalue weighted by Gasteiger charge is 2.45. The van der Waals surface area contributed by atoms with Crippen molar-refractivity contribution in [3.05, 3.63) is 181 Å². The van der Waals surface area contributed by atoms with Crippen molar-refractivity contribution in [1.82, 2.24) is 19.9 Å². The van der Waals surface area contributed by atoms with Crippen LogP contribution in [-0.4, -0.2) is 19.9 Å². The number of hydrogen-bond acceptors (Lipinski definition) is 4. The molecule has 2 aromatic heterocycles. The van der Waals surface area contributed by atoms with E-state index >= 15 is 0 Å². The Bertz CT molecular complexity index is 2520. The van der Waals surface area contributed by atoms with Crippen LogP contribution >= 0.6 is 0 Å². The van der Waals surface area contributed by atoms with Crippen LogP contribution < -0.4 is 0 Å². The molecule has 0 saturated carbocycles. The first-order chi connectivity index (χ1) is 26.3. The molecule has 0 aliphatic heterocycles. The van der Waals surface area contributed by atoms with Crippen LogP contribution in [0.5, 0.6) is 0 Å². The smallest absolute Gasteiger partial charge is 0.165 e. The predicted octanol–water partition coefficient (Wildman–Crippen LogP) is 12.5. The van der Waals surface area contributed by atoms with E-state index in [-0.39, 0.29) is 10.8 Å². The van der Waals surface area contributed by atoms with Gasteiger partial charge in [0.2, 0.25) is 0 Å². The molecule has 0 atom stereocenters. The van der Waals surface area contributed by atoms with Crippen molar-refractivity contribution in [3.63, 3.8) is 0 Å². The third-order valence-electron chi connectivity index (χ3n) is 11.6. The molecule has 0 amide bonds. The molecule has 6 aromatic carbocycles. The number of rotatable bonds is 6. The van der Waals surface area contributed by atoms with Crippen molar-refractivity contribution in [1.29, 1.82) is 0 Å². The molecular formula is C50H40N4. The second-order valence-corrected chi connectivity index (χ2v) is 15.1. The Morgan fingerprint density at radius 3 is 1.48 bits per heavy atom. The second-order valence-electron chi connectivity index (χ2n) is 15.1. The number of hydrogen-bond donors (Lipinski definition) is 0. The van der Waals surface area contributed by atoms with Gasteiger partial charge in [-0.15, -0.1) is 0 Å².